The Morgan fingerprint density at radius 3 is 1.97 bits per heavy atom. The average molecular weight is 552 g/mol. The molecular weight excluding hydrogens is 513 g/mol. The lowest BCUT2D eigenvalue weighted by atomic mass is 10.0. The van der Waals surface area contributed by atoms with Gasteiger partial charge < -0.3 is 19.7 Å². The Balaban J connectivity index is 1.68. The summed E-state index contributed by atoms with van der Waals surface area (Å²) in [5.41, 5.74) is 2.80. The van der Waals surface area contributed by atoms with Crippen molar-refractivity contribution in [3.8, 4) is 0 Å². The van der Waals surface area contributed by atoms with Crippen LogP contribution < -0.4 is 5.32 Å². The first kappa shape index (κ1) is 30.1. The highest BCUT2D eigenvalue weighted by Gasteiger charge is 2.38. The Bertz CT molecular complexity index is 1190. The van der Waals surface area contributed by atoms with E-state index in [1.165, 1.54) is 5.56 Å². The molecule has 0 fully saturated rings. The van der Waals surface area contributed by atoms with Crippen LogP contribution in [0.3, 0.4) is 0 Å². The number of hydrogen-bond donors (Lipinski definition) is 2. The number of rotatable bonds is 15. The summed E-state index contributed by atoms with van der Waals surface area (Å²) in [5, 5.41) is 2.61. The van der Waals surface area contributed by atoms with Gasteiger partial charge in [-0.3, -0.25) is 9.36 Å². The zero-order valence-corrected chi connectivity index (χ0v) is 23.3. The maximum Gasteiger partial charge on any atom is 0.408 e. The molecule has 0 aliphatic carbocycles. The van der Waals surface area contributed by atoms with E-state index in [2.05, 4.69) is 17.4 Å². The van der Waals surface area contributed by atoms with Crippen LogP contribution in [0.4, 0.5) is 4.79 Å². The number of hydrogen-bond acceptors (Lipinski definition) is 5. The number of esters is 1. The summed E-state index contributed by atoms with van der Waals surface area (Å²) < 4.78 is 24.4. The maximum atomic E-state index is 13.8. The molecule has 2 N–H and O–H groups in total. The van der Waals surface area contributed by atoms with Crippen LogP contribution in [0.25, 0.3) is 0 Å². The van der Waals surface area contributed by atoms with Crippen molar-refractivity contribution in [2.75, 3.05) is 12.8 Å². The van der Waals surface area contributed by atoms with E-state index in [1.54, 1.807) is 6.92 Å². The first-order valence-electron chi connectivity index (χ1n) is 13.4. The molecule has 0 radical (unpaired) electrons. The minimum Gasteiger partial charge on any atom is -0.466 e. The van der Waals surface area contributed by atoms with Crippen LogP contribution in [-0.2, 0) is 38.3 Å². The Kier molecular flexibility index (Phi) is 12.3. The van der Waals surface area contributed by atoms with Gasteiger partial charge in [-0.1, -0.05) is 97.4 Å². The fraction of sp³-hybridized carbons (Fsp3) is 0.355. The lowest BCUT2D eigenvalue weighted by Gasteiger charge is -2.27. The summed E-state index contributed by atoms with van der Waals surface area (Å²) in [6, 6.07) is 28.4. The van der Waals surface area contributed by atoms with E-state index in [4.69, 9.17) is 9.47 Å². The average Bonchev–Trinajstić information content (AvgIpc) is 2.95. The molecule has 0 saturated heterocycles. The molecule has 8 heteroatoms. The number of alkyl carbamates (subject to hydrolysis) is 1. The molecule has 0 heterocycles. The SMILES string of the molecule is CCOC(=O)C(CCCCc1ccccc1)CP(=O)(O)C(Cc1ccccc1)NC(=O)OCc1ccccc1. The van der Waals surface area contributed by atoms with Crippen LogP contribution in [0.5, 0.6) is 0 Å². The summed E-state index contributed by atoms with van der Waals surface area (Å²) in [6.07, 6.45) is 1.88. The molecule has 0 saturated carbocycles. The van der Waals surface area contributed by atoms with Crippen LogP contribution in [-0.4, -0.2) is 35.5 Å². The monoisotopic (exact) mass is 551 g/mol. The number of carbonyl (C=O) groups excluding carboxylic acids is 2. The van der Waals surface area contributed by atoms with Gasteiger partial charge >= 0.3 is 12.1 Å². The van der Waals surface area contributed by atoms with Gasteiger partial charge in [-0.05, 0) is 42.9 Å². The predicted molar refractivity (Wildman–Crippen MR) is 153 cm³/mol. The summed E-state index contributed by atoms with van der Waals surface area (Å²) in [5.74, 6) is -2.36. The molecule has 0 aliphatic heterocycles. The lowest BCUT2D eigenvalue weighted by Crippen LogP contribution is -2.38. The second-order valence-corrected chi connectivity index (χ2v) is 12.0. The molecular formula is C31H38NO6P. The summed E-state index contributed by atoms with van der Waals surface area (Å²) >= 11 is 0. The third kappa shape index (κ3) is 10.7. The number of benzene rings is 3. The fourth-order valence-corrected chi connectivity index (χ4v) is 6.40. The summed E-state index contributed by atoms with van der Waals surface area (Å²) in [4.78, 5) is 36.7. The topological polar surface area (TPSA) is 102 Å². The normalized spacial score (nSPS) is 14.0. The third-order valence-corrected chi connectivity index (χ3v) is 8.72. The predicted octanol–water partition coefficient (Wildman–Crippen LogP) is 6.34. The first-order valence-corrected chi connectivity index (χ1v) is 15.3. The summed E-state index contributed by atoms with van der Waals surface area (Å²) in [6.45, 7) is 1.94. The molecule has 3 aromatic rings. The smallest absolute Gasteiger partial charge is 0.408 e. The van der Waals surface area contributed by atoms with Crippen molar-refractivity contribution in [1.82, 2.24) is 5.32 Å². The van der Waals surface area contributed by atoms with E-state index in [9.17, 15) is 19.0 Å². The van der Waals surface area contributed by atoms with Crippen molar-refractivity contribution in [3.63, 3.8) is 0 Å². The molecule has 208 valence electrons. The van der Waals surface area contributed by atoms with E-state index in [-0.39, 0.29) is 25.8 Å². The largest absolute Gasteiger partial charge is 0.466 e. The zero-order valence-electron chi connectivity index (χ0n) is 22.4. The van der Waals surface area contributed by atoms with Crippen LogP contribution in [0.2, 0.25) is 0 Å². The molecule has 1 amide bonds. The quantitative estimate of drug-likeness (QED) is 0.130. The number of aryl methyl sites for hydroxylation is 1. The van der Waals surface area contributed by atoms with Gasteiger partial charge in [0.15, 0.2) is 0 Å². The van der Waals surface area contributed by atoms with Crippen molar-refractivity contribution in [2.24, 2.45) is 5.92 Å². The van der Waals surface area contributed by atoms with Gasteiger partial charge in [0, 0.05) is 12.6 Å². The highest BCUT2D eigenvalue weighted by atomic mass is 31.2. The summed E-state index contributed by atoms with van der Waals surface area (Å²) in [7, 11) is -4.07. The highest BCUT2D eigenvalue weighted by molar-refractivity contribution is 7.58. The van der Waals surface area contributed by atoms with Gasteiger partial charge in [-0.2, -0.15) is 0 Å². The standard InChI is InChI=1S/C31H38NO6P/c1-2-37-30(33)28(21-13-12-16-25-14-6-3-7-15-25)24-39(35,36)29(22-26-17-8-4-9-18-26)32-31(34)38-23-27-19-10-5-11-20-27/h3-11,14-15,17-20,28-29H,2,12-13,16,21-24H2,1H3,(H,32,34)(H,35,36). The second-order valence-electron chi connectivity index (χ2n) is 9.53. The molecule has 0 spiro atoms. The van der Waals surface area contributed by atoms with Crippen LogP contribution in [0, 0.1) is 5.92 Å². The van der Waals surface area contributed by atoms with Gasteiger partial charge in [0.05, 0.1) is 12.5 Å². The maximum absolute atomic E-state index is 13.8. The van der Waals surface area contributed by atoms with Gasteiger partial charge in [0.1, 0.15) is 12.4 Å². The Labute approximate surface area is 231 Å². The minimum absolute atomic E-state index is 0.0350. The lowest BCUT2D eigenvalue weighted by molar-refractivity contribution is -0.147. The highest BCUT2D eigenvalue weighted by Crippen LogP contribution is 2.49. The Morgan fingerprint density at radius 2 is 1.38 bits per heavy atom. The molecule has 0 aromatic heterocycles. The van der Waals surface area contributed by atoms with Crippen LogP contribution >= 0.6 is 7.37 Å². The van der Waals surface area contributed by atoms with Gasteiger partial charge in [0.25, 0.3) is 0 Å². The van der Waals surface area contributed by atoms with E-state index >= 15 is 0 Å². The van der Waals surface area contributed by atoms with Gasteiger partial charge in [0.2, 0.25) is 7.37 Å². The van der Waals surface area contributed by atoms with E-state index < -0.39 is 31.1 Å². The minimum atomic E-state index is -4.07. The molecule has 3 rings (SSSR count). The van der Waals surface area contributed by atoms with Gasteiger partial charge in [-0.15, -0.1) is 0 Å². The Morgan fingerprint density at radius 1 is 0.821 bits per heavy atom. The molecule has 3 unspecified atom stereocenters. The number of ether oxygens (including phenoxy) is 2. The van der Waals surface area contributed by atoms with Crippen molar-refractivity contribution >= 4 is 19.4 Å². The van der Waals surface area contributed by atoms with Gasteiger partial charge in [-0.25, -0.2) is 4.79 Å². The number of amides is 1. The van der Waals surface area contributed by atoms with Crippen LogP contribution in [0.1, 0.15) is 42.9 Å². The number of unbranched alkanes of at least 4 members (excludes halogenated alkanes) is 1. The number of carbonyl (C=O) groups is 2. The molecule has 3 atom stereocenters. The molecule has 7 nitrogen and oxygen atoms in total. The van der Waals surface area contributed by atoms with Crippen molar-refractivity contribution < 1.29 is 28.5 Å². The molecule has 3 aromatic carbocycles. The van der Waals surface area contributed by atoms with E-state index in [0.717, 1.165) is 24.0 Å². The Hall–Kier alpha value is -3.41. The molecule has 0 bridgehead atoms. The first-order chi connectivity index (χ1) is 18.9. The molecule has 39 heavy (non-hydrogen) atoms. The van der Waals surface area contributed by atoms with E-state index in [1.807, 2.05) is 78.9 Å². The fourth-order valence-electron chi connectivity index (χ4n) is 4.38. The van der Waals surface area contributed by atoms with Crippen molar-refractivity contribution in [1.29, 1.82) is 0 Å². The second kappa shape index (κ2) is 15.9. The van der Waals surface area contributed by atoms with Crippen LogP contribution in [0.15, 0.2) is 91.0 Å². The van der Waals surface area contributed by atoms with Crippen molar-refractivity contribution in [3.05, 3.63) is 108 Å². The zero-order chi connectivity index (χ0) is 27.9. The third-order valence-electron chi connectivity index (χ3n) is 6.47. The molecule has 0 aliphatic rings. The van der Waals surface area contributed by atoms with Crippen molar-refractivity contribution in [2.45, 2.75) is 51.4 Å². The van der Waals surface area contributed by atoms with E-state index in [0.29, 0.717) is 12.8 Å². The number of nitrogens with one attached hydrogen (secondary N) is 1.